The molecule has 0 amide bonds. The van der Waals surface area contributed by atoms with Gasteiger partial charge in [-0.05, 0) is 12.1 Å². The predicted molar refractivity (Wildman–Crippen MR) is 68.9 cm³/mol. The fourth-order valence-electron chi connectivity index (χ4n) is 2.10. The third kappa shape index (κ3) is 1.71. The summed E-state index contributed by atoms with van der Waals surface area (Å²) in [5.41, 5.74) is 1.06. The fourth-order valence-corrected chi connectivity index (χ4v) is 2.10. The van der Waals surface area contributed by atoms with Gasteiger partial charge in [-0.25, -0.2) is 9.37 Å². The summed E-state index contributed by atoms with van der Waals surface area (Å²) in [6.45, 7) is 0. The van der Waals surface area contributed by atoms with Gasteiger partial charge in [0.1, 0.15) is 22.8 Å². The molecule has 3 aromatic rings. The van der Waals surface area contributed by atoms with Gasteiger partial charge >= 0.3 is 0 Å². The summed E-state index contributed by atoms with van der Waals surface area (Å²) in [6.07, 6.45) is 2.20. The maximum absolute atomic E-state index is 14.2. The lowest BCUT2D eigenvalue weighted by atomic mass is 10.1. The van der Waals surface area contributed by atoms with E-state index in [-0.39, 0.29) is 16.8 Å². The van der Waals surface area contributed by atoms with Gasteiger partial charge in [-0.2, -0.15) is 0 Å². The molecule has 3 rings (SSSR count). The number of hydrogen-bond donors (Lipinski definition) is 0. The van der Waals surface area contributed by atoms with Crippen molar-refractivity contribution in [3.05, 3.63) is 42.0 Å². The van der Waals surface area contributed by atoms with Crippen LogP contribution in [0.2, 0.25) is 0 Å². The molecule has 0 radical (unpaired) electrons. The molecule has 0 aliphatic heterocycles. The molecule has 2 aromatic heterocycles. The van der Waals surface area contributed by atoms with E-state index >= 15 is 0 Å². The van der Waals surface area contributed by atoms with Crippen LogP contribution in [0.15, 0.2) is 30.5 Å². The van der Waals surface area contributed by atoms with Gasteiger partial charge in [0.05, 0.1) is 18.0 Å². The van der Waals surface area contributed by atoms with Crippen molar-refractivity contribution in [2.75, 3.05) is 7.11 Å². The molecule has 1 aromatic carbocycles. The smallest absolute Gasteiger partial charge is 0.168 e. The standard InChI is InChI=1S/C14H9FN2O2/c1-19-11-6-9(7-18)17-14-12(11)10(15)5-8-3-2-4-16-13(8)14/h2-7H,1H3. The molecule has 0 saturated carbocycles. The average molecular weight is 256 g/mol. The Bertz CT molecular complexity index is 802. The molecule has 94 valence electrons. The molecule has 0 unspecified atom stereocenters. The number of aromatic nitrogens is 2. The Balaban J connectivity index is 2.58. The molecule has 0 fully saturated rings. The Morgan fingerprint density at radius 1 is 1.32 bits per heavy atom. The van der Waals surface area contributed by atoms with Crippen LogP contribution in [0, 0.1) is 5.82 Å². The zero-order valence-electron chi connectivity index (χ0n) is 10.1. The SMILES string of the molecule is COc1cc(C=O)nc2c1c(F)cc1cccnc12. The third-order valence-corrected chi connectivity index (χ3v) is 2.93. The Kier molecular flexibility index (Phi) is 2.59. The van der Waals surface area contributed by atoms with Gasteiger partial charge in [0.2, 0.25) is 0 Å². The zero-order valence-corrected chi connectivity index (χ0v) is 10.1. The molecule has 19 heavy (non-hydrogen) atoms. The van der Waals surface area contributed by atoms with Crippen molar-refractivity contribution in [2.24, 2.45) is 0 Å². The first-order valence-corrected chi connectivity index (χ1v) is 5.61. The molecule has 0 aliphatic rings. The number of carbonyl (C=O) groups excluding carboxylic acids is 1. The molecule has 2 heterocycles. The number of fused-ring (bicyclic) bond motifs is 3. The minimum Gasteiger partial charge on any atom is -0.496 e. The number of carbonyl (C=O) groups is 1. The molecule has 0 bridgehead atoms. The summed E-state index contributed by atoms with van der Waals surface area (Å²) in [6, 6.07) is 6.25. The van der Waals surface area contributed by atoms with E-state index in [1.54, 1.807) is 18.3 Å². The quantitative estimate of drug-likeness (QED) is 0.522. The van der Waals surface area contributed by atoms with Crippen molar-refractivity contribution in [3.63, 3.8) is 0 Å². The number of methoxy groups -OCH3 is 1. The first-order valence-electron chi connectivity index (χ1n) is 5.61. The number of benzene rings is 1. The van der Waals surface area contributed by atoms with Gasteiger partial charge in [-0.3, -0.25) is 9.78 Å². The van der Waals surface area contributed by atoms with E-state index in [4.69, 9.17) is 4.74 Å². The molecule has 0 atom stereocenters. The van der Waals surface area contributed by atoms with Crippen molar-refractivity contribution in [2.45, 2.75) is 0 Å². The van der Waals surface area contributed by atoms with Crippen molar-refractivity contribution in [1.29, 1.82) is 0 Å². The molecule has 4 nitrogen and oxygen atoms in total. The topological polar surface area (TPSA) is 52.1 Å². The van der Waals surface area contributed by atoms with E-state index in [2.05, 4.69) is 9.97 Å². The van der Waals surface area contributed by atoms with Crippen LogP contribution in [-0.2, 0) is 0 Å². The second kappa shape index (κ2) is 4.28. The molecular weight excluding hydrogens is 247 g/mol. The van der Waals surface area contributed by atoms with Crippen LogP contribution < -0.4 is 4.74 Å². The first kappa shape index (κ1) is 11.5. The first-order chi connectivity index (χ1) is 9.24. The number of aldehydes is 1. The normalized spacial score (nSPS) is 10.8. The summed E-state index contributed by atoms with van der Waals surface area (Å²) < 4.78 is 19.3. The largest absolute Gasteiger partial charge is 0.496 e. The van der Waals surface area contributed by atoms with E-state index in [0.29, 0.717) is 22.7 Å². The second-order valence-electron chi connectivity index (χ2n) is 4.02. The molecule has 0 aliphatic carbocycles. The summed E-state index contributed by atoms with van der Waals surface area (Å²) in [5, 5.41) is 0.865. The highest BCUT2D eigenvalue weighted by molar-refractivity contribution is 6.06. The predicted octanol–water partition coefficient (Wildman–Crippen LogP) is 2.74. The fraction of sp³-hybridized carbons (Fsp3) is 0.0714. The number of hydrogen-bond acceptors (Lipinski definition) is 4. The highest BCUT2D eigenvalue weighted by Gasteiger charge is 2.14. The number of pyridine rings is 2. The van der Waals surface area contributed by atoms with Crippen LogP contribution in [0.3, 0.4) is 0 Å². The lowest BCUT2D eigenvalue weighted by Gasteiger charge is -2.09. The second-order valence-corrected chi connectivity index (χ2v) is 4.02. The number of rotatable bonds is 2. The minimum absolute atomic E-state index is 0.182. The van der Waals surface area contributed by atoms with Crippen LogP contribution in [0.4, 0.5) is 4.39 Å². The third-order valence-electron chi connectivity index (χ3n) is 2.93. The van der Waals surface area contributed by atoms with Gasteiger partial charge in [0.25, 0.3) is 0 Å². The lowest BCUT2D eigenvalue weighted by molar-refractivity contribution is 0.111. The summed E-state index contributed by atoms with van der Waals surface area (Å²) in [7, 11) is 1.42. The maximum Gasteiger partial charge on any atom is 0.168 e. The van der Waals surface area contributed by atoms with Crippen LogP contribution in [-0.4, -0.2) is 23.4 Å². The molecule has 0 N–H and O–H groups in total. The summed E-state index contributed by atoms with van der Waals surface area (Å²) in [4.78, 5) is 19.2. The van der Waals surface area contributed by atoms with E-state index in [1.165, 1.54) is 19.2 Å². The Hall–Kier alpha value is -2.56. The Morgan fingerprint density at radius 3 is 2.89 bits per heavy atom. The molecular formula is C14H9FN2O2. The van der Waals surface area contributed by atoms with Crippen LogP contribution in [0.5, 0.6) is 5.75 Å². The number of nitrogens with zero attached hydrogens (tertiary/aromatic N) is 2. The molecule has 0 saturated heterocycles. The van der Waals surface area contributed by atoms with E-state index in [0.717, 1.165) is 0 Å². The van der Waals surface area contributed by atoms with Gasteiger partial charge in [0, 0.05) is 17.6 Å². The van der Waals surface area contributed by atoms with Crippen molar-refractivity contribution >= 4 is 28.1 Å². The number of halogens is 1. The van der Waals surface area contributed by atoms with E-state index in [1.807, 2.05) is 0 Å². The minimum atomic E-state index is -0.447. The Labute approximate surface area is 107 Å². The Morgan fingerprint density at radius 2 is 2.16 bits per heavy atom. The highest BCUT2D eigenvalue weighted by Crippen LogP contribution is 2.32. The van der Waals surface area contributed by atoms with E-state index < -0.39 is 5.82 Å². The van der Waals surface area contributed by atoms with Crippen molar-refractivity contribution < 1.29 is 13.9 Å². The van der Waals surface area contributed by atoms with Crippen LogP contribution >= 0.6 is 0 Å². The summed E-state index contributed by atoms with van der Waals surface area (Å²) >= 11 is 0. The van der Waals surface area contributed by atoms with Crippen molar-refractivity contribution in [1.82, 2.24) is 9.97 Å². The lowest BCUT2D eigenvalue weighted by Crippen LogP contribution is -1.97. The monoisotopic (exact) mass is 256 g/mol. The molecule has 0 spiro atoms. The highest BCUT2D eigenvalue weighted by atomic mass is 19.1. The van der Waals surface area contributed by atoms with E-state index in [9.17, 15) is 9.18 Å². The average Bonchev–Trinajstić information content (AvgIpc) is 2.46. The van der Waals surface area contributed by atoms with Gasteiger partial charge < -0.3 is 4.74 Å². The molecule has 5 heteroatoms. The summed E-state index contributed by atoms with van der Waals surface area (Å²) in [5.74, 6) is -0.172. The zero-order chi connectivity index (χ0) is 13.4. The van der Waals surface area contributed by atoms with Gasteiger partial charge in [0.15, 0.2) is 6.29 Å². The van der Waals surface area contributed by atoms with Crippen molar-refractivity contribution in [3.8, 4) is 5.75 Å². The van der Waals surface area contributed by atoms with Crippen LogP contribution in [0.25, 0.3) is 21.8 Å². The van der Waals surface area contributed by atoms with Crippen LogP contribution in [0.1, 0.15) is 10.5 Å². The van der Waals surface area contributed by atoms with Gasteiger partial charge in [-0.15, -0.1) is 0 Å². The maximum atomic E-state index is 14.2. The number of ether oxygens (including phenoxy) is 1. The van der Waals surface area contributed by atoms with Gasteiger partial charge in [-0.1, -0.05) is 6.07 Å².